The molecule has 0 saturated carbocycles. The van der Waals surface area contributed by atoms with Crippen molar-refractivity contribution in [3.05, 3.63) is 65.7 Å². The number of carbonyl (C=O) groups is 1. The van der Waals surface area contributed by atoms with Gasteiger partial charge in [-0.05, 0) is 42.4 Å². The van der Waals surface area contributed by atoms with Gasteiger partial charge in [-0.25, -0.2) is 8.42 Å². The van der Waals surface area contributed by atoms with Crippen LogP contribution < -0.4 is 9.62 Å². The van der Waals surface area contributed by atoms with E-state index in [1.54, 1.807) is 0 Å². The van der Waals surface area contributed by atoms with Crippen LogP contribution in [0.25, 0.3) is 0 Å². The molecule has 2 aromatic rings. The van der Waals surface area contributed by atoms with Gasteiger partial charge in [0.2, 0.25) is 15.9 Å². The van der Waals surface area contributed by atoms with Gasteiger partial charge in [-0.2, -0.15) is 0 Å². The average molecular weight is 454 g/mol. The molecule has 0 bridgehead atoms. The Hall–Kier alpha value is -2.38. The molecule has 2 fully saturated rings. The van der Waals surface area contributed by atoms with Crippen molar-refractivity contribution in [2.45, 2.75) is 30.6 Å². The van der Waals surface area contributed by atoms with Gasteiger partial charge in [0, 0.05) is 38.1 Å². The first kappa shape index (κ1) is 21.5. The highest BCUT2D eigenvalue weighted by atomic mass is 32.2. The molecular formula is C25H31N3O3S. The van der Waals surface area contributed by atoms with Crippen LogP contribution in [-0.4, -0.2) is 58.2 Å². The van der Waals surface area contributed by atoms with E-state index in [2.05, 4.69) is 29.6 Å². The molecular weight excluding hydrogens is 422 g/mol. The Morgan fingerprint density at radius 1 is 1.00 bits per heavy atom. The number of hydrogen-bond donors (Lipinski definition) is 1. The lowest BCUT2D eigenvalue weighted by atomic mass is 9.67. The summed E-state index contributed by atoms with van der Waals surface area (Å²) >= 11 is 0. The normalized spacial score (nSPS) is 26.3. The molecule has 3 heterocycles. The van der Waals surface area contributed by atoms with Gasteiger partial charge in [0.1, 0.15) is 0 Å². The summed E-state index contributed by atoms with van der Waals surface area (Å²) in [6.45, 7) is 3.32. The molecule has 5 rings (SSSR count). The Balaban J connectivity index is 1.38. The predicted octanol–water partition coefficient (Wildman–Crippen LogP) is 2.72. The number of piperidine rings is 1. The SMILES string of the molecule is CS(=O)(=O)N1CCC2(CNCC2C(=O)N2CCC(c3ccccc3)CC2)c2ccccc21. The first-order chi connectivity index (χ1) is 15.4. The standard InChI is InChI=1S/C25H31N3O3S/c1-32(30,31)28-16-13-25(21-9-5-6-10-23(21)28)18-26-17-22(25)24(29)27-14-11-20(12-15-27)19-7-3-2-4-8-19/h2-10,20,22,26H,11-18H2,1H3. The van der Waals surface area contributed by atoms with Gasteiger partial charge in [0.15, 0.2) is 0 Å². The molecule has 0 aromatic heterocycles. The number of likely N-dealkylation sites (tertiary alicyclic amines) is 1. The zero-order valence-electron chi connectivity index (χ0n) is 18.5. The summed E-state index contributed by atoms with van der Waals surface area (Å²) in [5, 5.41) is 3.47. The van der Waals surface area contributed by atoms with Gasteiger partial charge >= 0.3 is 0 Å². The van der Waals surface area contributed by atoms with E-state index in [1.165, 1.54) is 16.1 Å². The average Bonchev–Trinajstić information content (AvgIpc) is 3.23. The number of benzene rings is 2. The third-order valence-electron chi connectivity index (χ3n) is 7.70. The molecule has 2 saturated heterocycles. The molecule has 0 radical (unpaired) electrons. The van der Waals surface area contributed by atoms with Crippen LogP contribution in [0.1, 0.15) is 36.3 Å². The number of para-hydroxylation sites is 1. The molecule has 1 N–H and O–H groups in total. The summed E-state index contributed by atoms with van der Waals surface area (Å²) in [5.74, 6) is 0.553. The molecule has 2 unspecified atom stereocenters. The minimum Gasteiger partial charge on any atom is -0.342 e. The zero-order chi connectivity index (χ0) is 22.3. The lowest BCUT2D eigenvalue weighted by Gasteiger charge is -2.45. The Morgan fingerprint density at radius 3 is 2.41 bits per heavy atom. The van der Waals surface area contributed by atoms with Crippen molar-refractivity contribution in [3.63, 3.8) is 0 Å². The number of carbonyl (C=O) groups excluding carboxylic acids is 1. The van der Waals surface area contributed by atoms with Crippen LogP contribution in [-0.2, 0) is 20.2 Å². The number of hydrogen-bond acceptors (Lipinski definition) is 4. The van der Waals surface area contributed by atoms with Gasteiger partial charge in [0.05, 0.1) is 17.9 Å². The number of fused-ring (bicyclic) bond motifs is 2. The van der Waals surface area contributed by atoms with Gasteiger partial charge in [-0.3, -0.25) is 9.10 Å². The number of nitrogens with one attached hydrogen (secondary N) is 1. The summed E-state index contributed by atoms with van der Waals surface area (Å²) in [5.41, 5.74) is 2.72. The molecule has 2 atom stereocenters. The summed E-state index contributed by atoms with van der Waals surface area (Å²) in [7, 11) is -3.36. The van der Waals surface area contributed by atoms with E-state index >= 15 is 0 Å². The van der Waals surface area contributed by atoms with Crippen molar-refractivity contribution in [3.8, 4) is 0 Å². The zero-order valence-corrected chi connectivity index (χ0v) is 19.4. The Bertz CT molecular complexity index is 1100. The topological polar surface area (TPSA) is 69.7 Å². The smallest absolute Gasteiger partial charge is 0.232 e. The number of nitrogens with zero attached hydrogens (tertiary/aromatic N) is 2. The van der Waals surface area contributed by atoms with Crippen LogP contribution in [0.3, 0.4) is 0 Å². The molecule has 3 aliphatic rings. The number of anilines is 1. The third-order valence-corrected chi connectivity index (χ3v) is 8.88. The second-order valence-electron chi connectivity index (χ2n) is 9.45. The minimum absolute atomic E-state index is 0.168. The van der Waals surface area contributed by atoms with Gasteiger partial charge in [-0.1, -0.05) is 48.5 Å². The fourth-order valence-corrected chi connectivity index (χ4v) is 6.96. The van der Waals surface area contributed by atoms with E-state index in [-0.39, 0.29) is 17.2 Å². The third kappa shape index (κ3) is 3.61. The van der Waals surface area contributed by atoms with Crippen molar-refractivity contribution in [2.24, 2.45) is 5.92 Å². The number of sulfonamides is 1. The maximum Gasteiger partial charge on any atom is 0.232 e. The molecule has 1 spiro atoms. The largest absolute Gasteiger partial charge is 0.342 e. The quantitative estimate of drug-likeness (QED) is 0.776. The van der Waals surface area contributed by atoms with E-state index < -0.39 is 10.0 Å². The fraction of sp³-hybridized carbons (Fsp3) is 0.480. The minimum atomic E-state index is -3.36. The first-order valence-electron chi connectivity index (χ1n) is 11.5. The maximum absolute atomic E-state index is 13.8. The molecule has 1 amide bonds. The van der Waals surface area contributed by atoms with Crippen molar-refractivity contribution < 1.29 is 13.2 Å². The van der Waals surface area contributed by atoms with E-state index in [1.807, 2.05) is 35.2 Å². The number of amides is 1. The highest BCUT2D eigenvalue weighted by Crippen LogP contribution is 2.48. The van der Waals surface area contributed by atoms with Crippen molar-refractivity contribution in [1.29, 1.82) is 0 Å². The summed E-state index contributed by atoms with van der Waals surface area (Å²) in [6.07, 6.45) is 3.89. The number of rotatable bonds is 3. The second kappa shape index (κ2) is 8.19. The van der Waals surface area contributed by atoms with Crippen molar-refractivity contribution in [2.75, 3.05) is 43.3 Å². The van der Waals surface area contributed by atoms with Crippen LogP contribution in [0.15, 0.2) is 54.6 Å². The second-order valence-corrected chi connectivity index (χ2v) is 11.4. The van der Waals surface area contributed by atoms with Crippen LogP contribution in [0.2, 0.25) is 0 Å². The summed E-state index contributed by atoms with van der Waals surface area (Å²) < 4.78 is 26.3. The summed E-state index contributed by atoms with van der Waals surface area (Å²) in [6, 6.07) is 18.3. The van der Waals surface area contributed by atoms with E-state index in [4.69, 9.17) is 0 Å². The van der Waals surface area contributed by atoms with Crippen LogP contribution in [0.5, 0.6) is 0 Å². The maximum atomic E-state index is 13.8. The summed E-state index contributed by atoms with van der Waals surface area (Å²) in [4.78, 5) is 15.8. The van der Waals surface area contributed by atoms with Gasteiger partial charge in [0.25, 0.3) is 0 Å². The van der Waals surface area contributed by atoms with Gasteiger partial charge in [-0.15, -0.1) is 0 Å². The van der Waals surface area contributed by atoms with Crippen LogP contribution in [0, 0.1) is 5.92 Å². The highest BCUT2D eigenvalue weighted by Gasteiger charge is 2.52. The van der Waals surface area contributed by atoms with Crippen molar-refractivity contribution >= 4 is 21.6 Å². The van der Waals surface area contributed by atoms with Crippen LogP contribution in [0.4, 0.5) is 5.69 Å². The molecule has 2 aromatic carbocycles. The van der Waals surface area contributed by atoms with Crippen LogP contribution >= 0.6 is 0 Å². The predicted molar refractivity (Wildman–Crippen MR) is 126 cm³/mol. The molecule has 32 heavy (non-hydrogen) atoms. The lowest BCUT2D eigenvalue weighted by molar-refractivity contribution is -0.138. The monoisotopic (exact) mass is 453 g/mol. The van der Waals surface area contributed by atoms with E-state index in [0.717, 1.165) is 37.2 Å². The Morgan fingerprint density at radius 2 is 1.69 bits per heavy atom. The molecule has 0 aliphatic carbocycles. The van der Waals surface area contributed by atoms with Crippen molar-refractivity contribution in [1.82, 2.24) is 10.2 Å². The Kier molecular flexibility index (Phi) is 5.50. The highest BCUT2D eigenvalue weighted by molar-refractivity contribution is 7.92. The van der Waals surface area contributed by atoms with E-state index in [0.29, 0.717) is 32.0 Å². The Labute approximate surface area is 190 Å². The fourth-order valence-electron chi connectivity index (χ4n) is 6.02. The lowest BCUT2D eigenvalue weighted by Crippen LogP contribution is -2.52. The molecule has 170 valence electrons. The molecule has 3 aliphatic heterocycles. The van der Waals surface area contributed by atoms with Gasteiger partial charge < -0.3 is 10.2 Å². The first-order valence-corrected chi connectivity index (χ1v) is 13.4. The molecule has 7 heteroatoms. The molecule has 6 nitrogen and oxygen atoms in total. The van der Waals surface area contributed by atoms with E-state index in [9.17, 15) is 13.2 Å².